The molecule has 0 radical (unpaired) electrons. The second kappa shape index (κ2) is 9.79. The monoisotopic (exact) mass is 461 g/mol. The molecule has 3 aromatic carbocycles. The number of nitrogens with zero attached hydrogens (tertiary/aromatic N) is 1. The molecule has 0 unspecified atom stereocenters. The van der Waals surface area contributed by atoms with Crippen LogP contribution >= 0.6 is 11.6 Å². The number of amides is 2. The SMILES string of the molecule is COc1ccccc1CN(Cc1cc2cccc(C)c2[nH]c1=O)C(=O)Nc1ccc(Cl)cc1. The van der Waals surface area contributed by atoms with Gasteiger partial charge in [-0.1, -0.05) is 48.0 Å². The van der Waals surface area contributed by atoms with Gasteiger partial charge in [0.1, 0.15) is 5.75 Å². The first-order chi connectivity index (χ1) is 15.9. The van der Waals surface area contributed by atoms with Gasteiger partial charge in [0, 0.05) is 21.8 Å². The van der Waals surface area contributed by atoms with E-state index in [0.717, 1.165) is 22.0 Å². The second-order valence-corrected chi connectivity index (χ2v) is 8.20. The minimum atomic E-state index is -0.341. The van der Waals surface area contributed by atoms with Gasteiger partial charge in [-0.3, -0.25) is 4.79 Å². The predicted molar refractivity (Wildman–Crippen MR) is 132 cm³/mol. The van der Waals surface area contributed by atoms with Gasteiger partial charge in [0.2, 0.25) is 0 Å². The molecule has 2 amide bonds. The first kappa shape index (κ1) is 22.4. The van der Waals surface area contributed by atoms with E-state index < -0.39 is 0 Å². The number of carbonyl (C=O) groups excluding carboxylic acids is 1. The fourth-order valence-electron chi connectivity index (χ4n) is 3.73. The third kappa shape index (κ3) is 5.18. The number of anilines is 1. The number of rotatable bonds is 6. The molecule has 1 heterocycles. The van der Waals surface area contributed by atoms with E-state index in [9.17, 15) is 9.59 Å². The highest BCUT2D eigenvalue weighted by molar-refractivity contribution is 6.30. The Hall–Kier alpha value is -3.77. The molecular weight excluding hydrogens is 438 g/mol. The van der Waals surface area contributed by atoms with Crippen molar-refractivity contribution in [2.45, 2.75) is 20.0 Å². The van der Waals surface area contributed by atoms with Crippen LogP contribution in [-0.4, -0.2) is 23.0 Å². The van der Waals surface area contributed by atoms with E-state index >= 15 is 0 Å². The summed E-state index contributed by atoms with van der Waals surface area (Å²) in [6.45, 7) is 2.33. The number of aromatic amines is 1. The Morgan fingerprint density at radius 3 is 2.48 bits per heavy atom. The molecule has 0 aliphatic heterocycles. The molecule has 33 heavy (non-hydrogen) atoms. The lowest BCUT2D eigenvalue weighted by Gasteiger charge is -2.24. The molecule has 0 atom stereocenters. The Labute approximate surface area is 196 Å². The van der Waals surface area contributed by atoms with Crippen molar-refractivity contribution in [1.29, 1.82) is 0 Å². The molecule has 0 fully saturated rings. The van der Waals surface area contributed by atoms with Crippen molar-refractivity contribution < 1.29 is 9.53 Å². The summed E-state index contributed by atoms with van der Waals surface area (Å²) in [5.41, 5.74) is 3.50. The van der Waals surface area contributed by atoms with Gasteiger partial charge in [-0.15, -0.1) is 0 Å². The minimum absolute atomic E-state index is 0.122. The standard InChI is InChI=1S/C26H24ClN3O3/c1-17-6-5-8-18-14-20(25(31)29-24(17)18)16-30(15-19-7-3-4-9-23(19)33-2)26(32)28-22-12-10-21(27)11-13-22/h3-14H,15-16H2,1-2H3,(H,28,32)(H,29,31). The maximum atomic E-state index is 13.3. The number of para-hydroxylation sites is 2. The number of benzene rings is 3. The highest BCUT2D eigenvalue weighted by Crippen LogP contribution is 2.22. The molecule has 4 rings (SSSR count). The third-order valence-electron chi connectivity index (χ3n) is 5.46. The van der Waals surface area contributed by atoms with Crippen molar-refractivity contribution in [1.82, 2.24) is 9.88 Å². The average Bonchev–Trinajstić information content (AvgIpc) is 2.81. The van der Waals surface area contributed by atoms with Crippen LogP contribution in [0.2, 0.25) is 5.02 Å². The number of halogens is 1. The average molecular weight is 462 g/mol. The zero-order valence-electron chi connectivity index (χ0n) is 18.4. The fraction of sp³-hybridized carbons (Fsp3) is 0.154. The number of hydrogen-bond donors (Lipinski definition) is 2. The third-order valence-corrected chi connectivity index (χ3v) is 5.71. The topological polar surface area (TPSA) is 74.4 Å². The second-order valence-electron chi connectivity index (χ2n) is 7.77. The van der Waals surface area contributed by atoms with Crippen LogP contribution in [-0.2, 0) is 13.1 Å². The summed E-state index contributed by atoms with van der Waals surface area (Å²) in [7, 11) is 1.59. The number of H-pyrrole nitrogens is 1. The van der Waals surface area contributed by atoms with Gasteiger partial charge in [-0.25, -0.2) is 4.79 Å². The lowest BCUT2D eigenvalue weighted by atomic mass is 10.1. The summed E-state index contributed by atoms with van der Waals surface area (Å²) in [5, 5.41) is 4.39. The molecule has 4 aromatic rings. The zero-order chi connectivity index (χ0) is 23.4. The van der Waals surface area contributed by atoms with Gasteiger partial charge in [0.25, 0.3) is 5.56 Å². The largest absolute Gasteiger partial charge is 0.496 e. The number of carbonyl (C=O) groups is 1. The van der Waals surface area contributed by atoms with Crippen molar-refractivity contribution in [3.8, 4) is 5.75 Å². The van der Waals surface area contributed by atoms with Crippen molar-refractivity contribution >= 4 is 34.2 Å². The molecule has 2 N–H and O–H groups in total. The summed E-state index contributed by atoms with van der Waals surface area (Å²) in [4.78, 5) is 30.7. The molecule has 1 aromatic heterocycles. The van der Waals surface area contributed by atoms with Crippen LogP contribution in [0.5, 0.6) is 5.75 Å². The molecule has 0 bridgehead atoms. The Bertz CT molecular complexity index is 1350. The van der Waals surface area contributed by atoms with Crippen molar-refractivity contribution in [3.05, 3.63) is 105 Å². The highest BCUT2D eigenvalue weighted by Gasteiger charge is 2.19. The van der Waals surface area contributed by atoms with Gasteiger partial charge >= 0.3 is 6.03 Å². The summed E-state index contributed by atoms with van der Waals surface area (Å²) < 4.78 is 5.46. The Morgan fingerprint density at radius 1 is 1.00 bits per heavy atom. The number of aryl methyl sites for hydroxylation is 1. The van der Waals surface area contributed by atoms with E-state index in [-0.39, 0.29) is 24.7 Å². The van der Waals surface area contributed by atoms with Crippen LogP contribution in [0.4, 0.5) is 10.5 Å². The Morgan fingerprint density at radius 2 is 1.73 bits per heavy atom. The maximum absolute atomic E-state index is 13.3. The number of pyridine rings is 1. The molecule has 0 saturated heterocycles. The van der Waals surface area contributed by atoms with Gasteiger partial charge in [-0.05, 0) is 54.3 Å². The van der Waals surface area contributed by atoms with E-state index in [4.69, 9.17) is 16.3 Å². The minimum Gasteiger partial charge on any atom is -0.496 e. The molecule has 7 heteroatoms. The molecular formula is C26H24ClN3O3. The van der Waals surface area contributed by atoms with Crippen molar-refractivity contribution in [2.24, 2.45) is 0 Å². The number of urea groups is 1. The maximum Gasteiger partial charge on any atom is 0.322 e. The van der Waals surface area contributed by atoms with E-state index in [0.29, 0.717) is 22.0 Å². The van der Waals surface area contributed by atoms with E-state index in [1.165, 1.54) is 0 Å². The van der Waals surface area contributed by atoms with Gasteiger partial charge in [-0.2, -0.15) is 0 Å². The number of aromatic nitrogens is 1. The number of hydrogen-bond acceptors (Lipinski definition) is 3. The number of methoxy groups -OCH3 is 1. The van der Waals surface area contributed by atoms with E-state index in [2.05, 4.69) is 10.3 Å². The van der Waals surface area contributed by atoms with E-state index in [1.54, 1.807) is 36.3 Å². The Kier molecular flexibility index (Phi) is 6.66. The lowest BCUT2D eigenvalue weighted by Crippen LogP contribution is -2.35. The van der Waals surface area contributed by atoms with E-state index in [1.807, 2.05) is 55.5 Å². The quantitative estimate of drug-likeness (QED) is 0.385. The van der Waals surface area contributed by atoms with Crippen LogP contribution < -0.4 is 15.6 Å². The first-order valence-corrected chi connectivity index (χ1v) is 10.9. The number of nitrogens with one attached hydrogen (secondary N) is 2. The summed E-state index contributed by atoms with van der Waals surface area (Å²) >= 11 is 5.96. The molecule has 6 nitrogen and oxygen atoms in total. The zero-order valence-corrected chi connectivity index (χ0v) is 19.1. The lowest BCUT2D eigenvalue weighted by molar-refractivity contribution is 0.205. The molecule has 168 valence electrons. The van der Waals surface area contributed by atoms with Crippen LogP contribution in [0.3, 0.4) is 0 Å². The van der Waals surface area contributed by atoms with Crippen molar-refractivity contribution in [3.63, 3.8) is 0 Å². The molecule has 0 saturated carbocycles. The molecule has 0 spiro atoms. The number of fused-ring (bicyclic) bond motifs is 1. The van der Waals surface area contributed by atoms with Gasteiger partial charge in [0.05, 0.1) is 25.7 Å². The number of ether oxygens (including phenoxy) is 1. The summed E-state index contributed by atoms with van der Waals surface area (Å²) in [6.07, 6.45) is 0. The van der Waals surface area contributed by atoms with Crippen LogP contribution in [0, 0.1) is 6.92 Å². The molecule has 0 aliphatic carbocycles. The van der Waals surface area contributed by atoms with Crippen molar-refractivity contribution in [2.75, 3.05) is 12.4 Å². The van der Waals surface area contributed by atoms with Gasteiger partial charge < -0.3 is 19.9 Å². The van der Waals surface area contributed by atoms with Crippen LogP contribution in [0.25, 0.3) is 10.9 Å². The Balaban J connectivity index is 1.68. The smallest absolute Gasteiger partial charge is 0.322 e. The predicted octanol–water partition coefficient (Wildman–Crippen LogP) is 5.73. The highest BCUT2D eigenvalue weighted by atomic mass is 35.5. The summed E-state index contributed by atoms with van der Waals surface area (Å²) in [6, 6.07) is 21.7. The van der Waals surface area contributed by atoms with Crippen LogP contribution in [0.15, 0.2) is 77.6 Å². The van der Waals surface area contributed by atoms with Gasteiger partial charge in [0.15, 0.2) is 0 Å². The normalized spacial score (nSPS) is 10.8. The summed E-state index contributed by atoms with van der Waals surface area (Å²) in [5.74, 6) is 0.671. The fourth-order valence-corrected chi connectivity index (χ4v) is 3.85. The van der Waals surface area contributed by atoms with Crippen LogP contribution in [0.1, 0.15) is 16.7 Å². The molecule has 0 aliphatic rings. The first-order valence-electron chi connectivity index (χ1n) is 10.5.